The monoisotopic (exact) mass is 816 g/mol. The molecule has 0 aliphatic rings. The molecule has 5 heteroatoms. The summed E-state index contributed by atoms with van der Waals surface area (Å²) in [4.78, 5) is 12.5. The number of hydrogen-bond acceptors (Lipinski definition) is 4. The van der Waals surface area contributed by atoms with Crippen molar-refractivity contribution in [1.29, 1.82) is 0 Å². The van der Waals surface area contributed by atoms with Crippen LogP contribution >= 0.6 is 0 Å². The zero-order valence-corrected chi connectivity index (χ0v) is 38.9. The van der Waals surface area contributed by atoms with Crippen LogP contribution in [0.4, 0.5) is 0 Å². The Hall–Kier alpha value is -1.43. The summed E-state index contributed by atoms with van der Waals surface area (Å²) in [5.41, 5.74) is 0. The lowest BCUT2D eigenvalue weighted by atomic mass is 10.0. The summed E-state index contributed by atoms with van der Waals surface area (Å²) in [7, 11) is 0. The van der Waals surface area contributed by atoms with E-state index < -0.39 is 18.2 Å². The maximum Gasteiger partial charge on any atom is 0.220 e. The highest BCUT2D eigenvalue weighted by Gasteiger charge is 2.26. The fourth-order valence-electron chi connectivity index (χ4n) is 7.94. The van der Waals surface area contributed by atoms with Crippen molar-refractivity contribution >= 4 is 5.91 Å². The maximum atomic E-state index is 12.5. The summed E-state index contributed by atoms with van der Waals surface area (Å²) >= 11 is 0. The van der Waals surface area contributed by atoms with Crippen LogP contribution in [-0.2, 0) is 4.79 Å². The van der Waals surface area contributed by atoms with Gasteiger partial charge in [-0.25, -0.2) is 0 Å². The molecule has 0 aromatic carbocycles. The lowest BCUT2D eigenvalue weighted by molar-refractivity contribution is -0.124. The van der Waals surface area contributed by atoms with Crippen molar-refractivity contribution in [3.8, 4) is 0 Å². The Bertz CT molecular complexity index is 901. The maximum absolute atomic E-state index is 12.5. The first-order valence-electron chi connectivity index (χ1n) is 25.8. The molecule has 0 spiro atoms. The standard InChI is InChI=1S/C53H101NO4/c1-3-5-7-9-11-13-15-17-19-21-22-23-24-25-26-27-28-29-30-32-34-36-38-40-42-44-46-48-52(57)54-50(49-55)53(58)51(56)47-45-43-41-39-37-35-33-31-20-18-16-14-12-10-8-6-4-2/h25-26,31,33,39,41,50-51,53,55-56,58H,3-24,27-30,32,34-38,40,42-49H2,1-2H3,(H,54,57)/b26-25-,33-31+,41-39+. The molecule has 0 heterocycles. The highest BCUT2D eigenvalue weighted by Crippen LogP contribution is 2.16. The summed E-state index contributed by atoms with van der Waals surface area (Å²) in [6.45, 7) is 4.18. The first-order chi connectivity index (χ1) is 28.6. The van der Waals surface area contributed by atoms with E-state index in [0.717, 1.165) is 44.9 Å². The van der Waals surface area contributed by atoms with Gasteiger partial charge in [0.05, 0.1) is 18.8 Å². The molecular formula is C53H101NO4. The third-order valence-corrected chi connectivity index (χ3v) is 11.9. The fourth-order valence-corrected chi connectivity index (χ4v) is 7.94. The average Bonchev–Trinajstić information content (AvgIpc) is 3.23. The van der Waals surface area contributed by atoms with Crippen molar-refractivity contribution in [3.05, 3.63) is 36.5 Å². The number of hydrogen-bond donors (Lipinski definition) is 4. The van der Waals surface area contributed by atoms with E-state index in [9.17, 15) is 20.1 Å². The lowest BCUT2D eigenvalue weighted by Gasteiger charge is -2.26. The SMILES string of the molecule is CCCCCCCCCC/C=C/CC/C=C/CCCC(O)C(O)C(CO)NC(=O)CCCCCCCCCCCCC/C=C\CCCCCCCCCCCCCC. The largest absolute Gasteiger partial charge is 0.394 e. The number of rotatable bonds is 47. The normalized spacial score (nSPS) is 13.7. The van der Waals surface area contributed by atoms with E-state index in [-0.39, 0.29) is 12.5 Å². The molecule has 5 nitrogen and oxygen atoms in total. The summed E-state index contributed by atoms with van der Waals surface area (Å²) < 4.78 is 0. The molecular weight excluding hydrogens is 715 g/mol. The Labute approximate surface area is 362 Å². The third-order valence-electron chi connectivity index (χ3n) is 11.9. The van der Waals surface area contributed by atoms with Crippen LogP contribution in [0.25, 0.3) is 0 Å². The first-order valence-corrected chi connectivity index (χ1v) is 25.8. The van der Waals surface area contributed by atoms with Crippen molar-refractivity contribution < 1.29 is 20.1 Å². The van der Waals surface area contributed by atoms with Gasteiger partial charge in [0, 0.05) is 6.42 Å². The minimum Gasteiger partial charge on any atom is -0.394 e. The van der Waals surface area contributed by atoms with E-state index in [1.807, 2.05) is 0 Å². The van der Waals surface area contributed by atoms with Crippen LogP contribution in [0.15, 0.2) is 36.5 Å². The van der Waals surface area contributed by atoms with Crippen molar-refractivity contribution in [1.82, 2.24) is 5.32 Å². The zero-order chi connectivity index (χ0) is 42.3. The summed E-state index contributed by atoms with van der Waals surface area (Å²) in [5.74, 6) is -0.157. The molecule has 0 saturated heterocycles. The highest BCUT2D eigenvalue weighted by molar-refractivity contribution is 5.76. The Morgan fingerprint density at radius 1 is 0.414 bits per heavy atom. The molecule has 0 aliphatic heterocycles. The smallest absolute Gasteiger partial charge is 0.220 e. The molecule has 0 aromatic rings. The Balaban J connectivity index is 3.60. The summed E-state index contributed by atoms with van der Waals surface area (Å²) in [6.07, 6.45) is 61.4. The van der Waals surface area contributed by atoms with Gasteiger partial charge in [0.2, 0.25) is 5.91 Å². The van der Waals surface area contributed by atoms with Crippen LogP contribution in [0, 0.1) is 0 Å². The van der Waals surface area contributed by atoms with Crippen LogP contribution in [0.5, 0.6) is 0 Å². The number of unbranched alkanes of at least 4 members (excludes halogenated alkanes) is 33. The molecule has 58 heavy (non-hydrogen) atoms. The van der Waals surface area contributed by atoms with E-state index in [1.54, 1.807) is 0 Å². The van der Waals surface area contributed by atoms with E-state index >= 15 is 0 Å². The fraction of sp³-hybridized carbons (Fsp3) is 0.868. The summed E-state index contributed by atoms with van der Waals surface area (Å²) in [5, 5.41) is 33.6. The predicted molar refractivity (Wildman–Crippen MR) is 254 cm³/mol. The second-order valence-corrected chi connectivity index (χ2v) is 17.7. The highest BCUT2D eigenvalue weighted by atomic mass is 16.3. The van der Waals surface area contributed by atoms with Crippen LogP contribution in [0.1, 0.15) is 271 Å². The van der Waals surface area contributed by atoms with Crippen LogP contribution in [-0.4, -0.2) is 46.1 Å². The molecule has 0 radical (unpaired) electrons. The molecule has 0 aromatic heterocycles. The molecule has 4 N–H and O–H groups in total. The van der Waals surface area contributed by atoms with Gasteiger partial charge >= 0.3 is 0 Å². The van der Waals surface area contributed by atoms with E-state index in [2.05, 4.69) is 55.6 Å². The third kappa shape index (κ3) is 42.7. The van der Waals surface area contributed by atoms with Crippen LogP contribution in [0.3, 0.4) is 0 Å². The Morgan fingerprint density at radius 3 is 1.05 bits per heavy atom. The van der Waals surface area contributed by atoms with Gasteiger partial charge in [-0.05, 0) is 77.0 Å². The van der Waals surface area contributed by atoms with Crippen LogP contribution < -0.4 is 5.32 Å². The number of aliphatic hydroxyl groups excluding tert-OH is 3. The minimum atomic E-state index is -1.17. The molecule has 3 unspecified atom stereocenters. The van der Waals surface area contributed by atoms with E-state index in [4.69, 9.17) is 0 Å². The van der Waals surface area contributed by atoms with E-state index in [1.165, 1.54) is 199 Å². The second-order valence-electron chi connectivity index (χ2n) is 17.7. The number of allylic oxidation sites excluding steroid dienone is 6. The van der Waals surface area contributed by atoms with Gasteiger partial charge < -0.3 is 20.6 Å². The zero-order valence-electron chi connectivity index (χ0n) is 38.9. The average molecular weight is 816 g/mol. The van der Waals surface area contributed by atoms with Crippen molar-refractivity contribution in [2.75, 3.05) is 6.61 Å². The molecule has 1 amide bonds. The van der Waals surface area contributed by atoms with Gasteiger partial charge in [-0.2, -0.15) is 0 Å². The van der Waals surface area contributed by atoms with Gasteiger partial charge in [-0.1, -0.05) is 224 Å². The van der Waals surface area contributed by atoms with Crippen molar-refractivity contribution in [3.63, 3.8) is 0 Å². The molecule has 3 atom stereocenters. The first kappa shape index (κ1) is 56.6. The molecule has 0 saturated carbocycles. The van der Waals surface area contributed by atoms with Crippen molar-refractivity contribution in [2.24, 2.45) is 0 Å². The minimum absolute atomic E-state index is 0.157. The Kier molecular flexibility index (Phi) is 47.0. The molecule has 0 rings (SSSR count). The molecule has 0 fully saturated rings. The van der Waals surface area contributed by atoms with Gasteiger partial charge in [0.1, 0.15) is 6.10 Å². The Morgan fingerprint density at radius 2 is 0.707 bits per heavy atom. The molecule has 0 aliphatic carbocycles. The predicted octanol–water partition coefficient (Wildman–Crippen LogP) is 15.5. The quantitative estimate of drug-likeness (QED) is 0.0364. The van der Waals surface area contributed by atoms with Crippen LogP contribution in [0.2, 0.25) is 0 Å². The van der Waals surface area contributed by atoms with Gasteiger partial charge in [0.25, 0.3) is 0 Å². The number of aliphatic hydroxyl groups is 3. The van der Waals surface area contributed by atoms with Gasteiger partial charge in [-0.15, -0.1) is 0 Å². The topological polar surface area (TPSA) is 89.8 Å². The number of carbonyl (C=O) groups is 1. The van der Waals surface area contributed by atoms with Gasteiger partial charge in [-0.3, -0.25) is 4.79 Å². The summed E-state index contributed by atoms with van der Waals surface area (Å²) in [6, 6.07) is -0.832. The second kappa shape index (κ2) is 48.2. The molecule has 342 valence electrons. The number of nitrogens with one attached hydrogen (secondary N) is 1. The number of amides is 1. The van der Waals surface area contributed by atoms with E-state index in [0.29, 0.717) is 12.8 Å². The molecule has 0 bridgehead atoms. The lowest BCUT2D eigenvalue weighted by Crippen LogP contribution is -2.50. The number of carbonyl (C=O) groups excluding carboxylic acids is 1. The van der Waals surface area contributed by atoms with Gasteiger partial charge in [0.15, 0.2) is 0 Å². The van der Waals surface area contributed by atoms with Crippen molar-refractivity contribution in [2.45, 2.75) is 289 Å².